The highest BCUT2D eigenvalue weighted by Crippen LogP contribution is 2.36. The number of aromatic hydroxyl groups is 1. The molecule has 2 rings (SSSR count). The standard InChI is InChI=1S/C11H14BrNO/c1-7-4-5-8(10(12)11(7)14)9-3-2-6-13-9/h4-5,9,13-14H,2-3,6H2,1H3. The molecule has 0 aliphatic carbocycles. The number of phenols is 1. The Morgan fingerprint density at radius 3 is 2.93 bits per heavy atom. The SMILES string of the molecule is Cc1ccc(C2CCCN2)c(Br)c1O. The molecule has 1 aromatic carbocycles. The first kappa shape index (κ1) is 9.99. The first-order valence-corrected chi connectivity index (χ1v) is 5.71. The average molecular weight is 256 g/mol. The molecule has 1 aromatic rings. The summed E-state index contributed by atoms with van der Waals surface area (Å²) in [4.78, 5) is 0. The molecule has 1 atom stereocenters. The van der Waals surface area contributed by atoms with E-state index in [9.17, 15) is 5.11 Å². The minimum Gasteiger partial charge on any atom is -0.506 e. The summed E-state index contributed by atoms with van der Waals surface area (Å²) in [5.41, 5.74) is 2.09. The highest BCUT2D eigenvalue weighted by Gasteiger charge is 2.20. The van der Waals surface area contributed by atoms with Crippen LogP contribution in [0.2, 0.25) is 0 Å². The number of hydrogen-bond acceptors (Lipinski definition) is 2. The van der Waals surface area contributed by atoms with Crippen LogP contribution in [0.1, 0.15) is 30.0 Å². The molecule has 1 fully saturated rings. The summed E-state index contributed by atoms with van der Waals surface area (Å²) in [5.74, 6) is 0.371. The predicted molar refractivity (Wildman–Crippen MR) is 60.5 cm³/mol. The van der Waals surface area contributed by atoms with Crippen LogP contribution in [-0.4, -0.2) is 11.7 Å². The van der Waals surface area contributed by atoms with Crippen LogP contribution < -0.4 is 5.32 Å². The second kappa shape index (κ2) is 3.91. The molecule has 0 bridgehead atoms. The Bertz CT molecular complexity index is 345. The second-order valence-corrected chi connectivity index (χ2v) is 4.58. The first-order valence-electron chi connectivity index (χ1n) is 4.91. The van der Waals surface area contributed by atoms with Crippen molar-refractivity contribution in [2.24, 2.45) is 0 Å². The topological polar surface area (TPSA) is 32.3 Å². The summed E-state index contributed by atoms with van der Waals surface area (Å²) in [7, 11) is 0. The Kier molecular flexibility index (Phi) is 2.79. The number of hydrogen-bond donors (Lipinski definition) is 2. The van der Waals surface area contributed by atoms with Crippen molar-refractivity contribution in [3.05, 3.63) is 27.7 Å². The zero-order chi connectivity index (χ0) is 10.1. The van der Waals surface area contributed by atoms with Crippen molar-refractivity contribution in [1.29, 1.82) is 0 Å². The summed E-state index contributed by atoms with van der Waals surface area (Å²) in [5, 5.41) is 13.2. The van der Waals surface area contributed by atoms with Gasteiger partial charge in [-0.05, 0) is 53.4 Å². The maximum atomic E-state index is 9.77. The largest absolute Gasteiger partial charge is 0.506 e. The minimum absolute atomic E-state index is 0.371. The van der Waals surface area contributed by atoms with E-state index in [1.807, 2.05) is 13.0 Å². The van der Waals surface area contributed by atoms with Gasteiger partial charge in [-0.2, -0.15) is 0 Å². The van der Waals surface area contributed by atoms with Crippen molar-refractivity contribution in [3.63, 3.8) is 0 Å². The lowest BCUT2D eigenvalue weighted by Gasteiger charge is -2.14. The van der Waals surface area contributed by atoms with Gasteiger partial charge in [-0.15, -0.1) is 0 Å². The van der Waals surface area contributed by atoms with Crippen molar-refractivity contribution in [2.45, 2.75) is 25.8 Å². The monoisotopic (exact) mass is 255 g/mol. The molecule has 3 heteroatoms. The van der Waals surface area contributed by atoms with E-state index in [-0.39, 0.29) is 0 Å². The predicted octanol–water partition coefficient (Wildman–Crippen LogP) is 2.89. The molecular weight excluding hydrogens is 242 g/mol. The smallest absolute Gasteiger partial charge is 0.132 e. The zero-order valence-electron chi connectivity index (χ0n) is 8.18. The molecule has 0 spiro atoms. The van der Waals surface area contributed by atoms with Crippen LogP contribution >= 0.6 is 15.9 Å². The van der Waals surface area contributed by atoms with Gasteiger partial charge >= 0.3 is 0 Å². The molecule has 1 unspecified atom stereocenters. The maximum absolute atomic E-state index is 9.77. The van der Waals surface area contributed by atoms with Gasteiger partial charge in [0.25, 0.3) is 0 Å². The summed E-state index contributed by atoms with van der Waals surface area (Å²) >= 11 is 3.45. The van der Waals surface area contributed by atoms with Gasteiger partial charge in [0.2, 0.25) is 0 Å². The van der Waals surface area contributed by atoms with Gasteiger partial charge < -0.3 is 10.4 Å². The van der Waals surface area contributed by atoms with E-state index in [2.05, 4.69) is 27.3 Å². The van der Waals surface area contributed by atoms with Crippen LogP contribution in [-0.2, 0) is 0 Å². The molecule has 1 aliphatic rings. The van der Waals surface area contributed by atoms with Crippen LogP contribution in [0.5, 0.6) is 5.75 Å². The van der Waals surface area contributed by atoms with Gasteiger partial charge in [0, 0.05) is 6.04 Å². The van der Waals surface area contributed by atoms with Gasteiger partial charge in [-0.1, -0.05) is 12.1 Å². The van der Waals surface area contributed by atoms with Gasteiger partial charge in [-0.25, -0.2) is 0 Å². The fourth-order valence-electron chi connectivity index (χ4n) is 1.90. The van der Waals surface area contributed by atoms with Crippen LogP contribution in [0.4, 0.5) is 0 Å². The Balaban J connectivity index is 2.38. The van der Waals surface area contributed by atoms with E-state index in [1.54, 1.807) is 0 Å². The van der Waals surface area contributed by atoms with E-state index >= 15 is 0 Å². The molecule has 1 heterocycles. The van der Waals surface area contributed by atoms with Crippen molar-refractivity contribution in [2.75, 3.05) is 6.54 Å². The molecule has 0 saturated carbocycles. The molecule has 1 aliphatic heterocycles. The highest BCUT2D eigenvalue weighted by molar-refractivity contribution is 9.10. The summed E-state index contributed by atoms with van der Waals surface area (Å²) in [6.45, 7) is 2.98. The summed E-state index contributed by atoms with van der Waals surface area (Å²) in [6, 6.07) is 4.45. The quantitative estimate of drug-likeness (QED) is 0.809. The van der Waals surface area contributed by atoms with Gasteiger partial charge in [0.15, 0.2) is 0 Å². The van der Waals surface area contributed by atoms with E-state index in [1.165, 1.54) is 12.0 Å². The fourth-order valence-corrected chi connectivity index (χ4v) is 2.62. The normalized spacial score (nSPS) is 21.4. The highest BCUT2D eigenvalue weighted by atomic mass is 79.9. The van der Waals surface area contributed by atoms with Crippen molar-refractivity contribution in [3.8, 4) is 5.75 Å². The second-order valence-electron chi connectivity index (χ2n) is 3.78. The zero-order valence-corrected chi connectivity index (χ0v) is 9.76. The summed E-state index contributed by atoms with van der Waals surface area (Å²) < 4.78 is 0.844. The molecule has 0 aromatic heterocycles. The van der Waals surface area contributed by atoms with E-state index in [0.29, 0.717) is 11.8 Å². The number of aryl methyl sites for hydroxylation is 1. The third-order valence-electron chi connectivity index (χ3n) is 2.78. The molecule has 2 nitrogen and oxygen atoms in total. The Hall–Kier alpha value is -0.540. The lowest BCUT2D eigenvalue weighted by molar-refractivity contribution is 0.465. The third kappa shape index (κ3) is 1.66. The minimum atomic E-state index is 0.371. The van der Waals surface area contributed by atoms with Crippen LogP contribution in [0.15, 0.2) is 16.6 Å². The Morgan fingerprint density at radius 2 is 2.29 bits per heavy atom. The Labute approximate surface area is 92.5 Å². The van der Waals surface area contributed by atoms with Gasteiger partial charge in [0.1, 0.15) is 5.75 Å². The number of halogens is 1. The number of nitrogens with one attached hydrogen (secondary N) is 1. The van der Waals surface area contributed by atoms with E-state index < -0.39 is 0 Å². The van der Waals surface area contributed by atoms with Crippen LogP contribution in [0, 0.1) is 6.92 Å². The van der Waals surface area contributed by atoms with Gasteiger partial charge in [-0.3, -0.25) is 0 Å². The van der Waals surface area contributed by atoms with Gasteiger partial charge in [0.05, 0.1) is 4.47 Å². The van der Waals surface area contributed by atoms with Crippen LogP contribution in [0.3, 0.4) is 0 Å². The number of benzene rings is 1. The summed E-state index contributed by atoms with van der Waals surface area (Å²) in [6.07, 6.45) is 2.37. The Morgan fingerprint density at radius 1 is 1.50 bits per heavy atom. The number of rotatable bonds is 1. The van der Waals surface area contributed by atoms with E-state index in [0.717, 1.165) is 23.0 Å². The third-order valence-corrected chi connectivity index (χ3v) is 3.62. The van der Waals surface area contributed by atoms with Crippen molar-refractivity contribution in [1.82, 2.24) is 5.32 Å². The molecule has 1 saturated heterocycles. The fraction of sp³-hybridized carbons (Fsp3) is 0.455. The van der Waals surface area contributed by atoms with Crippen molar-refractivity contribution >= 4 is 15.9 Å². The molecule has 0 amide bonds. The maximum Gasteiger partial charge on any atom is 0.132 e. The lowest BCUT2D eigenvalue weighted by atomic mass is 10.0. The van der Waals surface area contributed by atoms with Crippen molar-refractivity contribution < 1.29 is 5.11 Å². The molecule has 0 radical (unpaired) electrons. The average Bonchev–Trinajstić information content (AvgIpc) is 2.67. The first-order chi connectivity index (χ1) is 6.70. The lowest BCUT2D eigenvalue weighted by Crippen LogP contribution is -2.13. The molecule has 76 valence electrons. The molecule has 14 heavy (non-hydrogen) atoms. The van der Waals surface area contributed by atoms with E-state index in [4.69, 9.17) is 0 Å². The van der Waals surface area contributed by atoms with Crippen LogP contribution in [0.25, 0.3) is 0 Å². The number of phenolic OH excluding ortho intramolecular Hbond substituents is 1. The molecule has 2 N–H and O–H groups in total. The molecular formula is C11H14BrNO.